The van der Waals surface area contributed by atoms with E-state index in [-0.39, 0.29) is 64.6 Å². The predicted molar refractivity (Wildman–Crippen MR) is 171 cm³/mol. The van der Waals surface area contributed by atoms with Crippen LogP contribution in [0.4, 0.5) is 4.39 Å². The third-order valence-electron chi connectivity index (χ3n) is 7.92. The number of halogens is 1. The molecule has 3 rings (SSSR count). The summed E-state index contributed by atoms with van der Waals surface area (Å²) in [6.45, 7) is 3.65. The Bertz CT molecular complexity index is 1400. The van der Waals surface area contributed by atoms with E-state index in [2.05, 4.69) is 5.32 Å². The summed E-state index contributed by atoms with van der Waals surface area (Å²) >= 11 is 4.70. The molecule has 0 radical (unpaired) electrons. The van der Waals surface area contributed by atoms with Crippen LogP contribution in [0.1, 0.15) is 77.2 Å². The molecule has 2 aromatic rings. The van der Waals surface area contributed by atoms with E-state index in [9.17, 15) is 27.9 Å². The van der Waals surface area contributed by atoms with Gasteiger partial charge in [0.2, 0.25) is 11.8 Å². The largest absolute Gasteiger partial charge is 0.384 e. The van der Waals surface area contributed by atoms with Crippen LogP contribution < -0.4 is 10.0 Å². The molecule has 0 spiro atoms. The van der Waals surface area contributed by atoms with E-state index in [1.165, 1.54) is 54.5 Å². The zero-order chi connectivity index (χ0) is 32.3. The van der Waals surface area contributed by atoms with Crippen LogP contribution in [-0.2, 0) is 31.0 Å². The van der Waals surface area contributed by atoms with Crippen molar-refractivity contribution in [2.75, 3.05) is 13.1 Å². The smallest absolute Gasteiger partial charge is 0.264 e. The van der Waals surface area contributed by atoms with E-state index in [4.69, 9.17) is 12.6 Å². The number of hydrogen-bond acceptors (Lipinski definition) is 7. The molecular weight excluding hydrogens is 605 g/mol. The van der Waals surface area contributed by atoms with Gasteiger partial charge in [-0.3, -0.25) is 14.4 Å². The summed E-state index contributed by atoms with van der Waals surface area (Å²) in [6, 6.07) is 10.0. The Kier molecular flexibility index (Phi) is 13.7. The van der Waals surface area contributed by atoms with Crippen LogP contribution in [0.3, 0.4) is 0 Å². The molecule has 2 atom stereocenters. The van der Waals surface area contributed by atoms with Crippen molar-refractivity contribution >= 4 is 40.4 Å². The first-order valence-corrected chi connectivity index (χ1v) is 17.3. The number of hydrogen-bond donors (Lipinski definition) is 4. The molecule has 3 N–H and O–H groups in total. The lowest BCUT2D eigenvalue weighted by Gasteiger charge is -2.27. The van der Waals surface area contributed by atoms with Crippen LogP contribution in [-0.4, -0.2) is 60.6 Å². The van der Waals surface area contributed by atoms with Gasteiger partial charge in [-0.2, -0.15) is 12.6 Å². The number of benzene rings is 2. The lowest BCUT2D eigenvalue weighted by molar-refractivity contribution is -0.132. The normalized spacial score (nSPS) is 15.3. The van der Waals surface area contributed by atoms with Gasteiger partial charge in [-0.25, -0.2) is 17.5 Å². The fourth-order valence-corrected chi connectivity index (χ4v) is 6.94. The van der Waals surface area contributed by atoms with E-state index in [1.54, 1.807) is 12.1 Å². The fourth-order valence-electron chi connectivity index (χ4n) is 5.27. The van der Waals surface area contributed by atoms with Gasteiger partial charge in [0.15, 0.2) is 0 Å². The van der Waals surface area contributed by atoms with Crippen LogP contribution in [0.5, 0.6) is 0 Å². The number of nitrogens with zero attached hydrogens (tertiary/aromatic N) is 1. The van der Waals surface area contributed by atoms with Crippen LogP contribution in [0, 0.1) is 11.7 Å². The van der Waals surface area contributed by atoms with Gasteiger partial charge in [0.05, 0.1) is 4.90 Å². The summed E-state index contributed by atoms with van der Waals surface area (Å²) in [4.78, 5) is 38.8. The Morgan fingerprint density at radius 2 is 1.80 bits per heavy atom. The van der Waals surface area contributed by atoms with Gasteiger partial charge in [0.1, 0.15) is 11.9 Å². The molecule has 1 fully saturated rings. The maximum Gasteiger partial charge on any atom is 0.264 e. The average Bonchev–Trinajstić information content (AvgIpc) is 3.01. The van der Waals surface area contributed by atoms with E-state index in [1.807, 2.05) is 11.6 Å². The molecule has 2 aromatic carbocycles. The molecule has 1 aliphatic rings. The first-order valence-electron chi connectivity index (χ1n) is 15.3. The number of aliphatic hydroxyl groups is 1. The number of amides is 3. The SMILES string of the molecule is CCCCC(=O)N(CCC(=O)NC[C@H](S)C1CCCCC1)Cc1ccc(-c2ccccc2S(=O)(=O)NC(=O)[C@H](C)O)cc1F. The molecule has 1 aliphatic carbocycles. The van der Waals surface area contributed by atoms with Gasteiger partial charge in [-0.1, -0.05) is 62.9 Å². The second-order valence-electron chi connectivity index (χ2n) is 11.4. The monoisotopic (exact) mass is 649 g/mol. The Morgan fingerprint density at radius 3 is 2.45 bits per heavy atom. The minimum atomic E-state index is -4.36. The summed E-state index contributed by atoms with van der Waals surface area (Å²) in [7, 11) is -4.36. The lowest BCUT2D eigenvalue weighted by atomic mass is 9.86. The number of sulfonamides is 1. The van der Waals surface area contributed by atoms with Crippen molar-refractivity contribution in [3.63, 3.8) is 0 Å². The number of unbranched alkanes of at least 4 members (excludes halogenated alkanes) is 1. The van der Waals surface area contributed by atoms with Crippen molar-refractivity contribution in [2.24, 2.45) is 5.92 Å². The van der Waals surface area contributed by atoms with E-state index in [0.29, 0.717) is 18.9 Å². The molecule has 0 saturated heterocycles. The zero-order valence-electron chi connectivity index (χ0n) is 25.4. The van der Waals surface area contributed by atoms with Crippen molar-refractivity contribution in [2.45, 2.75) is 94.4 Å². The number of thiol groups is 1. The van der Waals surface area contributed by atoms with Gasteiger partial charge in [-0.05, 0) is 49.8 Å². The molecule has 12 heteroatoms. The number of nitrogens with one attached hydrogen (secondary N) is 2. The number of rotatable bonds is 15. The van der Waals surface area contributed by atoms with Crippen LogP contribution in [0.15, 0.2) is 47.4 Å². The Balaban J connectivity index is 1.72. The highest BCUT2D eigenvalue weighted by Crippen LogP contribution is 2.30. The molecule has 0 bridgehead atoms. The highest BCUT2D eigenvalue weighted by Gasteiger charge is 2.25. The third-order valence-corrected chi connectivity index (χ3v) is 9.93. The van der Waals surface area contributed by atoms with Crippen molar-refractivity contribution < 1.29 is 32.3 Å². The van der Waals surface area contributed by atoms with Crippen molar-refractivity contribution in [3.05, 3.63) is 53.8 Å². The van der Waals surface area contributed by atoms with Crippen LogP contribution >= 0.6 is 12.6 Å². The van der Waals surface area contributed by atoms with Crippen molar-refractivity contribution in [1.29, 1.82) is 0 Å². The second kappa shape index (κ2) is 16.9. The van der Waals surface area contributed by atoms with Crippen LogP contribution in [0.25, 0.3) is 11.1 Å². The number of carbonyl (C=O) groups is 3. The molecule has 0 heterocycles. The van der Waals surface area contributed by atoms with E-state index in [0.717, 1.165) is 26.2 Å². The van der Waals surface area contributed by atoms with Gasteiger partial charge in [-0.15, -0.1) is 0 Å². The van der Waals surface area contributed by atoms with Crippen molar-refractivity contribution in [1.82, 2.24) is 14.9 Å². The van der Waals surface area contributed by atoms with Gasteiger partial charge in [0.25, 0.3) is 15.9 Å². The molecule has 9 nitrogen and oxygen atoms in total. The summed E-state index contributed by atoms with van der Waals surface area (Å²) in [6.07, 6.45) is 6.16. The quantitative estimate of drug-likeness (QED) is 0.209. The van der Waals surface area contributed by atoms with E-state index < -0.39 is 27.9 Å². The minimum absolute atomic E-state index is 0.0520. The summed E-state index contributed by atoms with van der Waals surface area (Å²) in [5.74, 6) is -1.61. The molecule has 0 aromatic heterocycles. The standard InChI is InChI=1S/C32H44FN3O6S2/c1-3-4-14-31(39)36(18-17-30(38)34-20-28(43)23-10-6-5-7-11-23)21-25-16-15-24(19-27(25)33)26-12-8-9-13-29(26)44(41,42)35-32(40)22(2)37/h8-9,12-13,15-16,19,22-23,28,37,43H,3-7,10-11,14,17-18,20-21H2,1-2H3,(H,34,38)(H,35,40)/t22-,28-/m0/s1. The van der Waals surface area contributed by atoms with Gasteiger partial charge < -0.3 is 15.3 Å². The summed E-state index contributed by atoms with van der Waals surface area (Å²) < 4.78 is 43.0. The lowest BCUT2D eigenvalue weighted by Crippen LogP contribution is -2.38. The maximum absolute atomic E-state index is 15.5. The Morgan fingerprint density at radius 1 is 1.09 bits per heavy atom. The third kappa shape index (κ3) is 10.3. The molecule has 0 aliphatic heterocycles. The Labute approximate surface area is 265 Å². The van der Waals surface area contributed by atoms with Crippen molar-refractivity contribution in [3.8, 4) is 11.1 Å². The maximum atomic E-state index is 15.5. The zero-order valence-corrected chi connectivity index (χ0v) is 27.1. The molecule has 1 saturated carbocycles. The highest BCUT2D eigenvalue weighted by molar-refractivity contribution is 7.90. The van der Waals surface area contributed by atoms with Gasteiger partial charge in [0, 0.05) is 48.9 Å². The average molecular weight is 650 g/mol. The minimum Gasteiger partial charge on any atom is -0.384 e. The van der Waals surface area contributed by atoms with Crippen LogP contribution in [0.2, 0.25) is 0 Å². The molecule has 0 unspecified atom stereocenters. The number of aliphatic hydroxyl groups excluding tert-OH is 1. The summed E-state index contributed by atoms with van der Waals surface area (Å²) in [5, 5.41) is 12.5. The van der Waals surface area contributed by atoms with E-state index >= 15 is 4.39 Å². The number of carbonyl (C=O) groups excluding carboxylic acids is 3. The predicted octanol–water partition coefficient (Wildman–Crippen LogP) is 4.58. The molecular formula is C32H44FN3O6S2. The second-order valence-corrected chi connectivity index (χ2v) is 13.7. The van der Waals surface area contributed by atoms with Gasteiger partial charge >= 0.3 is 0 Å². The Hall–Kier alpha value is -2.96. The molecule has 242 valence electrons. The molecule has 44 heavy (non-hydrogen) atoms. The topological polar surface area (TPSA) is 133 Å². The highest BCUT2D eigenvalue weighted by atomic mass is 32.2. The summed E-state index contributed by atoms with van der Waals surface area (Å²) in [5.41, 5.74) is 0.626. The first-order chi connectivity index (χ1) is 20.9. The molecule has 3 amide bonds. The fraction of sp³-hybridized carbons (Fsp3) is 0.531. The first kappa shape index (κ1) is 35.5.